The molecule has 7 heteroatoms. The van der Waals surface area contributed by atoms with Gasteiger partial charge in [0.05, 0.1) is 6.54 Å². The SMILES string of the molecule is CN(C)C(=O)CN1CCN(C(=O)CC(=O)O)CC1. The molecule has 0 bridgehead atoms. The fourth-order valence-electron chi connectivity index (χ4n) is 1.73. The van der Waals surface area contributed by atoms with Gasteiger partial charge in [-0.25, -0.2) is 0 Å². The van der Waals surface area contributed by atoms with Gasteiger partial charge in [0.25, 0.3) is 0 Å². The molecular weight excluding hydrogens is 238 g/mol. The monoisotopic (exact) mass is 257 g/mol. The maximum atomic E-state index is 11.5. The highest BCUT2D eigenvalue weighted by Crippen LogP contribution is 2.04. The van der Waals surface area contributed by atoms with E-state index in [2.05, 4.69) is 0 Å². The molecule has 1 heterocycles. The fraction of sp³-hybridized carbons (Fsp3) is 0.727. The molecule has 0 aliphatic carbocycles. The van der Waals surface area contributed by atoms with Gasteiger partial charge in [-0.05, 0) is 0 Å². The lowest BCUT2D eigenvalue weighted by Gasteiger charge is -2.34. The number of hydrogen-bond donors (Lipinski definition) is 1. The van der Waals surface area contributed by atoms with Crippen molar-refractivity contribution in [1.82, 2.24) is 14.7 Å². The highest BCUT2D eigenvalue weighted by molar-refractivity contribution is 5.93. The number of aliphatic carboxylic acids is 1. The summed E-state index contributed by atoms with van der Waals surface area (Å²) in [6.07, 6.45) is -0.462. The van der Waals surface area contributed by atoms with Gasteiger partial charge in [-0.15, -0.1) is 0 Å². The van der Waals surface area contributed by atoms with Gasteiger partial charge in [0.15, 0.2) is 0 Å². The maximum Gasteiger partial charge on any atom is 0.312 e. The summed E-state index contributed by atoms with van der Waals surface area (Å²) < 4.78 is 0. The van der Waals surface area contributed by atoms with E-state index in [0.717, 1.165) is 0 Å². The molecule has 1 fully saturated rings. The summed E-state index contributed by atoms with van der Waals surface area (Å²) in [5.74, 6) is -1.44. The molecule has 0 aromatic carbocycles. The first kappa shape index (κ1) is 14.4. The number of hydrogen-bond acceptors (Lipinski definition) is 4. The molecule has 1 rings (SSSR count). The average molecular weight is 257 g/mol. The van der Waals surface area contributed by atoms with Gasteiger partial charge in [-0.1, -0.05) is 0 Å². The van der Waals surface area contributed by atoms with E-state index in [0.29, 0.717) is 32.7 Å². The molecule has 1 N–H and O–H groups in total. The molecule has 18 heavy (non-hydrogen) atoms. The number of carboxylic acids is 1. The lowest BCUT2D eigenvalue weighted by Crippen LogP contribution is -2.51. The quantitative estimate of drug-likeness (QED) is 0.633. The van der Waals surface area contributed by atoms with Crippen molar-refractivity contribution in [3.63, 3.8) is 0 Å². The maximum absolute atomic E-state index is 11.5. The Morgan fingerprint density at radius 1 is 1.11 bits per heavy atom. The van der Waals surface area contributed by atoms with Crippen molar-refractivity contribution in [2.45, 2.75) is 6.42 Å². The smallest absolute Gasteiger partial charge is 0.312 e. The van der Waals surface area contributed by atoms with Crippen LogP contribution >= 0.6 is 0 Å². The number of piperazine rings is 1. The van der Waals surface area contributed by atoms with Crippen molar-refractivity contribution < 1.29 is 19.5 Å². The topological polar surface area (TPSA) is 81.2 Å². The van der Waals surface area contributed by atoms with Crippen LogP contribution in [-0.2, 0) is 14.4 Å². The fourth-order valence-corrected chi connectivity index (χ4v) is 1.73. The Kier molecular flexibility index (Phi) is 5.08. The van der Waals surface area contributed by atoms with Crippen molar-refractivity contribution in [2.75, 3.05) is 46.8 Å². The predicted octanol–water partition coefficient (Wildman–Crippen LogP) is -1.31. The molecule has 0 spiro atoms. The summed E-state index contributed by atoms with van der Waals surface area (Å²) >= 11 is 0. The van der Waals surface area contributed by atoms with Crippen molar-refractivity contribution in [3.05, 3.63) is 0 Å². The molecule has 0 aromatic heterocycles. The first-order valence-electron chi connectivity index (χ1n) is 5.82. The molecule has 1 aliphatic rings. The Morgan fingerprint density at radius 2 is 1.67 bits per heavy atom. The van der Waals surface area contributed by atoms with Crippen LogP contribution in [-0.4, -0.2) is 84.4 Å². The third-order valence-corrected chi connectivity index (χ3v) is 2.89. The van der Waals surface area contributed by atoms with Crippen LogP contribution in [0.15, 0.2) is 0 Å². The third-order valence-electron chi connectivity index (χ3n) is 2.89. The zero-order chi connectivity index (χ0) is 13.7. The number of carbonyl (C=O) groups excluding carboxylic acids is 2. The minimum atomic E-state index is -1.11. The second-order valence-electron chi connectivity index (χ2n) is 4.52. The zero-order valence-electron chi connectivity index (χ0n) is 10.8. The number of carbonyl (C=O) groups is 3. The first-order chi connectivity index (χ1) is 8.40. The Balaban J connectivity index is 2.34. The Labute approximate surface area is 106 Å². The standard InChI is InChI=1S/C11H19N3O4/c1-12(2)10(16)8-13-3-5-14(6-4-13)9(15)7-11(17)18/h3-8H2,1-2H3,(H,17,18). The molecule has 1 aliphatic heterocycles. The largest absolute Gasteiger partial charge is 0.481 e. The van der Waals surface area contributed by atoms with Gasteiger partial charge in [0, 0.05) is 40.3 Å². The second-order valence-corrected chi connectivity index (χ2v) is 4.52. The summed E-state index contributed by atoms with van der Waals surface area (Å²) in [6, 6.07) is 0. The van der Waals surface area contributed by atoms with Gasteiger partial charge in [0.1, 0.15) is 6.42 Å². The van der Waals surface area contributed by atoms with Gasteiger partial charge in [-0.3, -0.25) is 19.3 Å². The van der Waals surface area contributed by atoms with Crippen molar-refractivity contribution in [2.24, 2.45) is 0 Å². The van der Waals surface area contributed by atoms with E-state index in [9.17, 15) is 14.4 Å². The molecule has 1 saturated heterocycles. The van der Waals surface area contributed by atoms with Gasteiger partial charge in [0.2, 0.25) is 11.8 Å². The number of rotatable bonds is 4. The molecule has 0 radical (unpaired) electrons. The Bertz CT molecular complexity index is 335. The van der Waals surface area contributed by atoms with Crippen LogP contribution in [0.4, 0.5) is 0 Å². The van der Waals surface area contributed by atoms with E-state index < -0.39 is 12.4 Å². The lowest BCUT2D eigenvalue weighted by atomic mass is 10.2. The molecule has 0 atom stereocenters. The van der Waals surface area contributed by atoms with E-state index in [4.69, 9.17) is 5.11 Å². The third kappa shape index (κ3) is 4.33. The van der Waals surface area contributed by atoms with E-state index in [-0.39, 0.29) is 11.8 Å². The van der Waals surface area contributed by atoms with Crippen molar-refractivity contribution in [1.29, 1.82) is 0 Å². The van der Waals surface area contributed by atoms with Gasteiger partial charge in [-0.2, -0.15) is 0 Å². The van der Waals surface area contributed by atoms with Crippen LogP contribution in [0.25, 0.3) is 0 Å². The van der Waals surface area contributed by atoms with Crippen LogP contribution in [0.3, 0.4) is 0 Å². The molecule has 102 valence electrons. The van der Waals surface area contributed by atoms with Crippen molar-refractivity contribution >= 4 is 17.8 Å². The molecule has 2 amide bonds. The van der Waals surface area contributed by atoms with Crippen LogP contribution in [0, 0.1) is 0 Å². The number of likely N-dealkylation sites (N-methyl/N-ethyl adjacent to an activating group) is 1. The summed E-state index contributed by atoms with van der Waals surface area (Å²) in [5, 5.41) is 8.54. The van der Waals surface area contributed by atoms with Crippen LogP contribution in [0.5, 0.6) is 0 Å². The van der Waals surface area contributed by atoms with E-state index in [1.54, 1.807) is 14.1 Å². The summed E-state index contributed by atoms with van der Waals surface area (Å²) in [6.45, 7) is 2.50. The minimum Gasteiger partial charge on any atom is -0.481 e. The van der Waals surface area contributed by atoms with Crippen LogP contribution in [0.1, 0.15) is 6.42 Å². The molecule has 0 unspecified atom stereocenters. The van der Waals surface area contributed by atoms with Gasteiger partial charge >= 0.3 is 5.97 Å². The van der Waals surface area contributed by atoms with E-state index in [1.165, 1.54) is 9.80 Å². The average Bonchev–Trinajstić information content (AvgIpc) is 2.28. The lowest BCUT2D eigenvalue weighted by molar-refractivity contribution is -0.145. The molecule has 0 saturated carbocycles. The first-order valence-corrected chi connectivity index (χ1v) is 5.82. The van der Waals surface area contributed by atoms with E-state index in [1.807, 2.05) is 4.90 Å². The summed E-state index contributed by atoms with van der Waals surface area (Å²) in [5.41, 5.74) is 0. The summed E-state index contributed by atoms with van der Waals surface area (Å²) in [7, 11) is 3.41. The van der Waals surface area contributed by atoms with E-state index >= 15 is 0 Å². The Hall–Kier alpha value is -1.63. The highest BCUT2D eigenvalue weighted by atomic mass is 16.4. The van der Waals surface area contributed by atoms with Gasteiger partial charge < -0.3 is 14.9 Å². The molecule has 7 nitrogen and oxygen atoms in total. The number of nitrogens with zero attached hydrogens (tertiary/aromatic N) is 3. The predicted molar refractivity (Wildman–Crippen MR) is 64.0 cm³/mol. The van der Waals surface area contributed by atoms with Crippen LogP contribution in [0.2, 0.25) is 0 Å². The molecular formula is C11H19N3O4. The molecule has 0 aromatic rings. The normalized spacial score (nSPS) is 16.4. The zero-order valence-corrected chi connectivity index (χ0v) is 10.8. The minimum absolute atomic E-state index is 0.0281. The summed E-state index contributed by atoms with van der Waals surface area (Å²) in [4.78, 5) is 38.5. The number of carboxylic acid groups (broad SMARTS) is 1. The second kappa shape index (κ2) is 6.34. The number of amides is 2. The van der Waals surface area contributed by atoms with Crippen LogP contribution < -0.4 is 0 Å². The highest BCUT2D eigenvalue weighted by Gasteiger charge is 2.23. The Morgan fingerprint density at radius 3 is 2.11 bits per heavy atom. The van der Waals surface area contributed by atoms with Crippen molar-refractivity contribution in [3.8, 4) is 0 Å².